The number of nitro benzene ring substituents is 1. The van der Waals surface area contributed by atoms with E-state index in [1.165, 1.54) is 22.8 Å². The number of hydrogen-bond donors (Lipinski definition) is 0. The van der Waals surface area contributed by atoms with E-state index in [9.17, 15) is 19.7 Å². The number of aromatic nitrogens is 2. The summed E-state index contributed by atoms with van der Waals surface area (Å²) in [6.07, 6.45) is 2.61. The summed E-state index contributed by atoms with van der Waals surface area (Å²) in [6, 6.07) is 12.1. The second kappa shape index (κ2) is 8.19. The van der Waals surface area contributed by atoms with Gasteiger partial charge in [0.05, 0.1) is 32.8 Å². The molecule has 1 atom stereocenters. The van der Waals surface area contributed by atoms with Crippen LogP contribution >= 0.6 is 11.3 Å². The molecule has 0 aliphatic carbocycles. The molecule has 1 fully saturated rings. The molecule has 32 heavy (non-hydrogen) atoms. The van der Waals surface area contributed by atoms with Crippen LogP contribution in [-0.2, 0) is 11.3 Å². The fraction of sp³-hybridized carbons (Fsp3) is 0.318. The quantitative estimate of drug-likeness (QED) is 0.319. The molecule has 1 unspecified atom stereocenters. The van der Waals surface area contributed by atoms with E-state index in [0.29, 0.717) is 31.4 Å². The number of carbonyl (C=O) groups excluding carboxylic acids is 1. The molecule has 1 aliphatic heterocycles. The molecule has 1 saturated heterocycles. The van der Waals surface area contributed by atoms with Crippen LogP contribution in [0.2, 0.25) is 0 Å². The van der Waals surface area contributed by atoms with Crippen molar-refractivity contribution in [3.8, 4) is 0 Å². The van der Waals surface area contributed by atoms with E-state index in [-0.39, 0.29) is 23.2 Å². The summed E-state index contributed by atoms with van der Waals surface area (Å²) in [4.78, 5) is 42.2. The number of oxazole rings is 1. The molecule has 0 spiro atoms. The zero-order valence-electron chi connectivity index (χ0n) is 17.1. The van der Waals surface area contributed by atoms with Gasteiger partial charge in [-0.25, -0.2) is 9.78 Å². The number of non-ortho nitro benzene ring substituents is 1. The number of aryl methyl sites for hydroxylation is 1. The van der Waals surface area contributed by atoms with Crippen molar-refractivity contribution < 1.29 is 14.1 Å². The van der Waals surface area contributed by atoms with Gasteiger partial charge in [0.15, 0.2) is 5.58 Å². The normalized spacial score (nSPS) is 16.2. The van der Waals surface area contributed by atoms with Crippen molar-refractivity contribution in [3.63, 3.8) is 0 Å². The lowest BCUT2D eigenvalue weighted by Gasteiger charge is -2.23. The molecule has 2 aromatic heterocycles. The Morgan fingerprint density at radius 1 is 1.28 bits per heavy atom. The van der Waals surface area contributed by atoms with Crippen LogP contribution in [0, 0.1) is 10.1 Å². The topological polar surface area (TPSA) is 111 Å². The lowest BCUT2D eigenvalue weighted by Crippen LogP contribution is -2.30. The van der Waals surface area contributed by atoms with Crippen LogP contribution in [0.4, 0.5) is 5.69 Å². The van der Waals surface area contributed by atoms with Gasteiger partial charge in [0, 0.05) is 25.6 Å². The number of benzene rings is 2. The minimum Gasteiger partial charge on any atom is -0.407 e. The van der Waals surface area contributed by atoms with Gasteiger partial charge in [-0.1, -0.05) is 12.1 Å². The summed E-state index contributed by atoms with van der Waals surface area (Å²) in [6.45, 7) is 1.01. The average molecular weight is 452 g/mol. The molecule has 5 rings (SSSR count). The van der Waals surface area contributed by atoms with Crippen molar-refractivity contribution in [2.45, 2.75) is 38.3 Å². The van der Waals surface area contributed by atoms with Crippen LogP contribution in [0.15, 0.2) is 51.7 Å². The second-order valence-corrected chi connectivity index (χ2v) is 8.86. The summed E-state index contributed by atoms with van der Waals surface area (Å²) >= 11 is 1.63. The molecule has 0 saturated carbocycles. The molecule has 0 radical (unpaired) electrons. The Morgan fingerprint density at radius 3 is 2.94 bits per heavy atom. The zero-order chi connectivity index (χ0) is 22.2. The maximum absolute atomic E-state index is 13.0. The third-order valence-electron chi connectivity index (χ3n) is 5.80. The van der Waals surface area contributed by atoms with Crippen LogP contribution in [0.3, 0.4) is 0 Å². The van der Waals surface area contributed by atoms with Crippen molar-refractivity contribution in [1.29, 1.82) is 0 Å². The largest absolute Gasteiger partial charge is 0.419 e. The molecular weight excluding hydrogens is 432 g/mol. The average Bonchev–Trinajstić information content (AvgIpc) is 3.49. The molecule has 1 aliphatic rings. The summed E-state index contributed by atoms with van der Waals surface area (Å²) in [7, 11) is 0. The first-order chi connectivity index (χ1) is 15.5. The Hall–Kier alpha value is -3.53. The van der Waals surface area contributed by atoms with Crippen LogP contribution in [0.5, 0.6) is 0 Å². The highest BCUT2D eigenvalue weighted by molar-refractivity contribution is 7.18. The van der Waals surface area contributed by atoms with Gasteiger partial charge >= 0.3 is 5.76 Å². The van der Waals surface area contributed by atoms with E-state index < -0.39 is 10.7 Å². The number of rotatable bonds is 6. The van der Waals surface area contributed by atoms with Gasteiger partial charge < -0.3 is 9.32 Å². The summed E-state index contributed by atoms with van der Waals surface area (Å²) in [5.41, 5.74) is 1.48. The number of amides is 1. The number of carbonyl (C=O) groups is 1. The summed E-state index contributed by atoms with van der Waals surface area (Å²) in [5, 5.41) is 11.9. The standard InChI is InChI=1S/C22H20N4O5S/c27-20(24-11-3-6-17(24)21-23-15-5-1-2-7-19(15)32-21)8-4-12-25-16-10-9-14(26(29)30)13-18(16)31-22(25)28/h1-2,5,7,9-10,13,17H,3-4,6,8,11-12H2. The maximum atomic E-state index is 13.0. The van der Waals surface area contributed by atoms with Crippen LogP contribution in [0.25, 0.3) is 21.3 Å². The van der Waals surface area contributed by atoms with Crippen LogP contribution in [-0.4, -0.2) is 31.8 Å². The number of nitrogens with zero attached hydrogens (tertiary/aromatic N) is 4. The molecule has 10 heteroatoms. The minimum absolute atomic E-state index is 0.00192. The first kappa shape index (κ1) is 20.4. The third-order valence-corrected chi connectivity index (χ3v) is 6.94. The van der Waals surface area contributed by atoms with Gasteiger partial charge in [0.1, 0.15) is 5.01 Å². The number of likely N-dealkylation sites (tertiary alicyclic amines) is 1. The molecule has 3 heterocycles. The first-order valence-electron chi connectivity index (χ1n) is 10.4. The molecule has 4 aromatic rings. The number of hydrogen-bond acceptors (Lipinski definition) is 7. The van der Waals surface area contributed by atoms with Gasteiger partial charge in [0.25, 0.3) is 5.69 Å². The van der Waals surface area contributed by atoms with E-state index in [2.05, 4.69) is 0 Å². The fourth-order valence-electron chi connectivity index (χ4n) is 4.27. The molecule has 2 aromatic carbocycles. The zero-order valence-corrected chi connectivity index (χ0v) is 17.9. The smallest absolute Gasteiger partial charge is 0.407 e. The van der Waals surface area contributed by atoms with Crippen molar-refractivity contribution >= 4 is 44.2 Å². The van der Waals surface area contributed by atoms with Gasteiger partial charge in [-0.05, 0) is 37.5 Å². The molecule has 164 valence electrons. The van der Waals surface area contributed by atoms with Crippen LogP contribution < -0.4 is 5.76 Å². The van der Waals surface area contributed by atoms with Crippen molar-refractivity contribution in [2.24, 2.45) is 0 Å². The van der Waals surface area contributed by atoms with E-state index in [1.807, 2.05) is 29.2 Å². The van der Waals surface area contributed by atoms with E-state index in [0.717, 1.165) is 28.1 Å². The predicted molar refractivity (Wildman–Crippen MR) is 120 cm³/mol. The SMILES string of the molecule is O=C(CCCn1c(=O)oc2cc([N+](=O)[O-])ccc21)N1CCCC1c1nc2ccccc2s1. The van der Waals surface area contributed by atoms with Gasteiger partial charge in [-0.15, -0.1) is 11.3 Å². The Morgan fingerprint density at radius 2 is 2.12 bits per heavy atom. The summed E-state index contributed by atoms with van der Waals surface area (Å²) in [5.74, 6) is -0.537. The predicted octanol–water partition coefficient (Wildman–Crippen LogP) is 4.26. The van der Waals surface area contributed by atoms with Gasteiger partial charge in [-0.2, -0.15) is 0 Å². The van der Waals surface area contributed by atoms with Crippen LogP contribution in [0.1, 0.15) is 36.7 Å². The highest BCUT2D eigenvalue weighted by Crippen LogP contribution is 2.36. The molecule has 0 bridgehead atoms. The highest BCUT2D eigenvalue weighted by Gasteiger charge is 2.31. The number of nitro groups is 1. The highest BCUT2D eigenvalue weighted by atomic mass is 32.1. The Bertz CT molecular complexity index is 1350. The van der Waals surface area contributed by atoms with E-state index in [1.54, 1.807) is 11.3 Å². The Kier molecular flexibility index (Phi) is 5.22. The van der Waals surface area contributed by atoms with Crippen molar-refractivity contribution in [1.82, 2.24) is 14.5 Å². The monoisotopic (exact) mass is 452 g/mol. The Labute approximate surface area is 186 Å². The molecule has 0 N–H and O–H groups in total. The fourth-order valence-corrected chi connectivity index (χ4v) is 5.38. The van der Waals surface area contributed by atoms with Gasteiger partial charge in [-0.3, -0.25) is 19.5 Å². The number of para-hydroxylation sites is 1. The minimum atomic E-state index is -0.582. The first-order valence-corrected chi connectivity index (χ1v) is 11.3. The van der Waals surface area contributed by atoms with Crippen molar-refractivity contribution in [2.75, 3.05) is 6.54 Å². The molecule has 9 nitrogen and oxygen atoms in total. The van der Waals surface area contributed by atoms with E-state index >= 15 is 0 Å². The van der Waals surface area contributed by atoms with E-state index in [4.69, 9.17) is 9.40 Å². The molecule has 1 amide bonds. The number of thiazole rings is 1. The van der Waals surface area contributed by atoms with Crippen molar-refractivity contribution in [3.05, 3.63) is 68.1 Å². The Balaban J connectivity index is 1.27. The third kappa shape index (κ3) is 3.66. The number of fused-ring (bicyclic) bond motifs is 2. The van der Waals surface area contributed by atoms with Gasteiger partial charge in [0.2, 0.25) is 5.91 Å². The summed E-state index contributed by atoms with van der Waals surface area (Å²) < 4.78 is 7.69. The maximum Gasteiger partial charge on any atom is 0.419 e. The lowest BCUT2D eigenvalue weighted by atomic mass is 10.2. The molecular formula is C22H20N4O5S. The second-order valence-electron chi connectivity index (χ2n) is 7.80. The lowest BCUT2D eigenvalue weighted by molar-refractivity contribution is -0.384.